The number of aromatic nitrogens is 4. The van der Waals surface area contributed by atoms with Crippen molar-refractivity contribution >= 4 is 23.0 Å². The number of imidazole rings is 1. The number of hydrogen-bond acceptors (Lipinski definition) is 11. The molecule has 13 heteroatoms. The number of aliphatic hydroxyl groups excluding tert-OH is 2. The molecule has 0 bridgehead atoms. The maximum Gasteiger partial charge on any atom is 0.320 e. The van der Waals surface area contributed by atoms with Gasteiger partial charge >= 0.3 is 5.97 Å². The third-order valence-electron chi connectivity index (χ3n) is 5.19. The van der Waals surface area contributed by atoms with Crippen LogP contribution in [-0.2, 0) is 9.53 Å². The Labute approximate surface area is 172 Å². The Morgan fingerprint density at radius 2 is 2.03 bits per heavy atom. The highest BCUT2D eigenvalue weighted by atomic mass is 16.6. The summed E-state index contributed by atoms with van der Waals surface area (Å²) in [4.78, 5) is 25.1. The number of rotatable bonds is 10. The summed E-state index contributed by atoms with van der Waals surface area (Å²) in [5.41, 5.74) is 17.7. The van der Waals surface area contributed by atoms with Crippen LogP contribution < -0.4 is 17.2 Å². The molecule has 5 atom stereocenters. The van der Waals surface area contributed by atoms with Gasteiger partial charge in [0.1, 0.15) is 36.2 Å². The lowest BCUT2D eigenvalue weighted by Gasteiger charge is -2.27. The van der Waals surface area contributed by atoms with Gasteiger partial charge in [-0.25, -0.2) is 15.0 Å². The molecule has 9 N–H and O–H groups in total. The summed E-state index contributed by atoms with van der Waals surface area (Å²) in [7, 11) is 0. The lowest BCUT2D eigenvalue weighted by molar-refractivity contribution is -0.138. The Kier molecular flexibility index (Phi) is 7.12. The molecule has 30 heavy (non-hydrogen) atoms. The zero-order valence-electron chi connectivity index (χ0n) is 16.4. The van der Waals surface area contributed by atoms with E-state index in [1.54, 1.807) is 0 Å². The fraction of sp³-hybridized carbons (Fsp3) is 0.647. The van der Waals surface area contributed by atoms with Crippen molar-refractivity contribution in [3.63, 3.8) is 0 Å². The number of anilines is 1. The lowest BCUT2D eigenvalue weighted by Crippen LogP contribution is -2.43. The van der Waals surface area contributed by atoms with E-state index in [0.29, 0.717) is 37.2 Å². The van der Waals surface area contributed by atoms with Crippen molar-refractivity contribution in [1.29, 1.82) is 0 Å². The van der Waals surface area contributed by atoms with Crippen LogP contribution in [0.1, 0.15) is 19.1 Å². The minimum Gasteiger partial charge on any atom is -0.480 e. The van der Waals surface area contributed by atoms with Crippen LogP contribution in [0.3, 0.4) is 0 Å². The topological polar surface area (TPSA) is 212 Å². The predicted octanol–water partition coefficient (Wildman–Crippen LogP) is -2.52. The molecule has 0 saturated carbocycles. The zero-order chi connectivity index (χ0) is 21.8. The fourth-order valence-corrected chi connectivity index (χ4v) is 3.47. The molecule has 3 rings (SSSR count). The third-order valence-corrected chi connectivity index (χ3v) is 5.19. The molecule has 1 aliphatic rings. The molecule has 2 aromatic rings. The van der Waals surface area contributed by atoms with Gasteiger partial charge in [0, 0.05) is 13.1 Å². The monoisotopic (exact) mass is 424 g/mol. The second kappa shape index (κ2) is 9.59. The molecule has 166 valence electrons. The fourth-order valence-electron chi connectivity index (χ4n) is 3.47. The minimum absolute atomic E-state index is 0.200. The Balaban J connectivity index is 1.72. The molecule has 0 amide bonds. The molecular weight excluding hydrogens is 396 g/mol. The van der Waals surface area contributed by atoms with Crippen molar-refractivity contribution in [3.8, 4) is 0 Å². The first kappa shape index (κ1) is 22.3. The standard InChI is InChI=1S/C17H28N8O5/c18-3-1-4-24(5-2-9(19)17(28)29)6-10-12(26)13(27)16(30-10)25-8-23-11-14(20)21-7-22-15(11)25/h7-10,12-13,16,26-27H,1-6,18-19H2,(H,28,29)(H2,20,21,22)/t9-,10+,12+,13+,16+/m0/s1. The van der Waals surface area contributed by atoms with Gasteiger partial charge in [-0.3, -0.25) is 9.36 Å². The van der Waals surface area contributed by atoms with Crippen LogP contribution in [0.2, 0.25) is 0 Å². The average molecular weight is 424 g/mol. The van der Waals surface area contributed by atoms with Crippen LogP contribution in [0.4, 0.5) is 5.82 Å². The Morgan fingerprint density at radius 3 is 2.73 bits per heavy atom. The number of nitrogens with two attached hydrogens (primary N) is 3. The minimum atomic E-state index is -1.22. The average Bonchev–Trinajstić information content (AvgIpc) is 3.26. The van der Waals surface area contributed by atoms with Crippen LogP contribution in [0.25, 0.3) is 11.2 Å². The molecule has 13 nitrogen and oxygen atoms in total. The summed E-state index contributed by atoms with van der Waals surface area (Å²) in [5.74, 6) is -0.874. The number of carboxylic acid groups (broad SMARTS) is 1. The largest absolute Gasteiger partial charge is 0.480 e. The summed E-state index contributed by atoms with van der Waals surface area (Å²) in [6.45, 7) is 1.69. The molecule has 0 aromatic carbocycles. The molecule has 0 aliphatic carbocycles. The number of fused-ring (bicyclic) bond motifs is 1. The Hall–Kier alpha value is -2.42. The van der Waals surface area contributed by atoms with E-state index < -0.39 is 36.6 Å². The molecule has 0 unspecified atom stereocenters. The van der Waals surface area contributed by atoms with Gasteiger partial charge in [0.15, 0.2) is 17.7 Å². The van der Waals surface area contributed by atoms with Crippen molar-refractivity contribution in [1.82, 2.24) is 24.4 Å². The zero-order valence-corrected chi connectivity index (χ0v) is 16.4. The summed E-state index contributed by atoms with van der Waals surface area (Å²) in [6.07, 6.45) is -0.401. The predicted molar refractivity (Wildman–Crippen MR) is 106 cm³/mol. The first-order chi connectivity index (χ1) is 14.3. The van der Waals surface area contributed by atoms with E-state index in [0.717, 1.165) is 0 Å². The van der Waals surface area contributed by atoms with E-state index in [1.165, 1.54) is 17.2 Å². The number of carboxylic acids is 1. The van der Waals surface area contributed by atoms with Gasteiger partial charge in [0.25, 0.3) is 0 Å². The molecule has 0 radical (unpaired) electrons. The third kappa shape index (κ3) is 4.66. The van der Waals surface area contributed by atoms with E-state index in [4.69, 9.17) is 27.0 Å². The van der Waals surface area contributed by atoms with Crippen LogP contribution in [0.15, 0.2) is 12.7 Å². The van der Waals surface area contributed by atoms with Crippen LogP contribution >= 0.6 is 0 Å². The van der Waals surface area contributed by atoms with Gasteiger partial charge < -0.3 is 42.2 Å². The lowest BCUT2D eigenvalue weighted by atomic mass is 10.1. The summed E-state index contributed by atoms with van der Waals surface area (Å²) in [5, 5.41) is 30.1. The number of nitrogens with zero attached hydrogens (tertiary/aromatic N) is 5. The second-order valence-corrected chi connectivity index (χ2v) is 7.31. The highest BCUT2D eigenvalue weighted by Gasteiger charge is 2.44. The van der Waals surface area contributed by atoms with Crippen LogP contribution in [-0.4, -0.2) is 96.2 Å². The van der Waals surface area contributed by atoms with Gasteiger partial charge in [0.2, 0.25) is 0 Å². The van der Waals surface area contributed by atoms with Gasteiger partial charge in [-0.15, -0.1) is 0 Å². The summed E-state index contributed by atoms with van der Waals surface area (Å²) in [6, 6.07) is -0.986. The van der Waals surface area contributed by atoms with Gasteiger partial charge in [-0.2, -0.15) is 0 Å². The number of hydrogen-bond donors (Lipinski definition) is 6. The second-order valence-electron chi connectivity index (χ2n) is 7.31. The SMILES string of the molecule is NCCCN(CC[C@H](N)C(=O)O)C[C@H]1O[C@@H](n2cnc3c(N)ncnc32)[C@H](O)[C@@H]1O. The molecule has 0 spiro atoms. The van der Waals surface area contributed by atoms with Crippen molar-refractivity contribution in [3.05, 3.63) is 12.7 Å². The van der Waals surface area contributed by atoms with E-state index in [2.05, 4.69) is 15.0 Å². The van der Waals surface area contributed by atoms with Crippen LogP contribution in [0.5, 0.6) is 0 Å². The van der Waals surface area contributed by atoms with E-state index >= 15 is 0 Å². The smallest absolute Gasteiger partial charge is 0.320 e. The molecule has 3 heterocycles. The van der Waals surface area contributed by atoms with E-state index in [1.807, 2.05) is 4.90 Å². The van der Waals surface area contributed by atoms with Crippen molar-refractivity contribution in [2.24, 2.45) is 11.5 Å². The quantitative estimate of drug-likeness (QED) is 0.233. The Morgan fingerprint density at radius 1 is 1.27 bits per heavy atom. The normalized spacial score (nSPS) is 25.2. The van der Waals surface area contributed by atoms with Crippen molar-refractivity contribution in [2.75, 3.05) is 31.9 Å². The summed E-state index contributed by atoms with van der Waals surface area (Å²) < 4.78 is 7.45. The van der Waals surface area contributed by atoms with Gasteiger partial charge in [0.05, 0.1) is 6.33 Å². The maximum atomic E-state index is 11.0. The van der Waals surface area contributed by atoms with E-state index in [-0.39, 0.29) is 18.8 Å². The van der Waals surface area contributed by atoms with Gasteiger partial charge in [-0.1, -0.05) is 0 Å². The number of aliphatic hydroxyl groups is 2. The van der Waals surface area contributed by atoms with Crippen LogP contribution in [0, 0.1) is 0 Å². The summed E-state index contributed by atoms with van der Waals surface area (Å²) >= 11 is 0. The molecule has 1 aliphatic heterocycles. The number of ether oxygens (including phenoxy) is 1. The number of aliphatic carboxylic acids is 1. The Bertz CT molecular complexity index is 864. The van der Waals surface area contributed by atoms with Crippen molar-refractivity contribution in [2.45, 2.75) is 43.4 Å². The maximum absolute atomic E-state index is 11.0. The number of nitrogen functional groups attached to an aromatic ring is 1. The molecule has 1 fully saturated rings. The van der Waals surface area contributed by atoms with Crippen molar-refractivity contribution < 1.29 is 24.9 Å². The molecule has 1 saturated heterocycles. The van der Waals surface area contributed by atoms with Gasteiger partial charge in [-0.05, 0) is 25.9 Å². The van der Waals surface area contributed by atoms with E-state index in [9.17, 15) is 15.0 Å². The molecule has 2 aromatic heterocycles. The first-order valence-corrected chi connectivity index (χ1v) is 9.69. The first-order valence-electron chi connectivity index (χ1n) is 9.69. The number of carbonyl (C=O) groups is 1. The highest BCUT2D eigenvalue weighted by molar-refractivity contribution is 5.81. The highest BCUT2D eigenvalue weighted by Crippen LogP contribution is 2.32. The molecular formula is C17H28N8O5.